The van der Waals surface area contributed by atoms with Crippen molar-refractivity contribution in [2.45, 2.75) is 58.2 Å². The third-order valence-electron chi connectivity index (χ3n) is 7.26. The van der Waals surface area contributed by atoms with Gasteiger partial charge in [-0.15, -0.1) is 0 Å². The van der Waals surface area contributed by atoms with Gasteiger partial charge >= 0.3 is 0 Å². The summed E-state index contributed by atoms with van der Waals surface area (Å²) in [5, 5.41) is 0. The SMILES string of the molecule is Cc1ccccc1CN1C[C@@H]2C[C@H](C1)c1ccc(CN3CCCCC3)c(=O)n1C2. The first-order valence-corrected chi connectivity index (χ1v) is 11.4. The number of nitrogens with zero attached hydrogens (tertiary/aromatic N) is 3. The van der Waals surface area contributed by atoms with Crippen molar-refractivity contribution in [2.24, 2.45) is 5.92 Å². The van der Waals surface area contributed by atoms with Crippen LogP contribution in [0.5, 0.6) is 0 Å². The van der Waals surface area contributed by atoms with Crippen molar-refractivity contribution in [2.75, 3.05) is 26.2 Å². The highest BCUT2D eigenvalue weighted by Crippen LogP contribution is 2.36. The van der Waals surface area contributed by atoms with Crippen molar-refractivity contribution in [3.8, 4) is 0 Å². The van der Waals surface area contributed by atoms with Crippen molar-refractivity contribution in [1.29, 1.82) is 0 Å². The molecule has 0 unspecified atom stereocenters. The molecule has 0 aliphatic carbocycles. The van der Waals surface area contributed by atoms with E-state index in [4.69, 9.17) is 0 Å². The second kappa shape index (κ2) is 8.08. The number of aryl methyl sites for hydroxylation is 1. The van der Waals surface area contributed by atoms with Crippen LogP contribution in [0.15, 0.2) is 41.2 Å². The van der Waals surface area contributed by atoms with Gasteiger partial charge in [0.2, 0.25) is 0 Å². The molecule has 1 aromatic heterocycles. The lowest BCUT2D eigenvalue weighted by Gasteiger charge is -2.43. The fraction of sp³-hybridized carbons (Fsp3) is 0.560. The Kier molecular flexibility index (Phi) is 5.31. The third kappa shape index (κ3) is 3.93. The summed E-state index contributed by atoms with van der Waals surface area (Å²) in [6, 6.07) is 13.1. The Balaban J connectivity index is 1.34. The standard InChI is InChI=1S/C25H33N3O/c1-19-7-3-4-8-21(19)16-27-14-20-13-23(18-27)24-10-9-22(25(29)28(24)15-20)17-26-11-5-2-6-12-26/h3-4,7-10,20,23H,2,5-6,11-18H2,1H3/t20-,23+/m0/s1. The van der Waals surface area contributed by atoms with Gasteiger partial charge in [-0.05, 0) is 62.4 Å². The number of fused-ring (bicyclic) bond motifs is 4. The fourth-order valence-electron chi connectivity index (χ4n) is 5.73. The summed E-state index contributed by atoms with van der Waals surface area (Å²) in [4.78, 5) is 18.3. The topological polar surface area (TPSA) is 28.5 Å². The molecule has 2 fully saturated rings. The molecule has 0 saturated carbocycles. The van der Waals surface area contributed by atoms with Crippen LogP contribution in [0.3, 0.4) is 0 Å². The predicted octanol–water partition coefficient (Wildman–Crippen LogP) is 3.76. The fourth-order valence-corrected chi connectivity index (χ4v) is 5.73. The molecule has 4 nitrogen and oxygen atoms in total. The minimum atomic E-state index is 0.273. The maximum absolute atomic E-state index is 13.3. The van der Waals surface area contributed by atoms with Crippen LogP contribution in [0.1, 0.15) is 54.0 Å². The number of likely N-dealkylation sites (tertiary alicyclic amines) is 2. The van der Waals surface area contributed by atoms with Gasteiger partial charge in [0.05, 0.1) is 0 Å². The zero-order valence-corrected chi connectivity index (χ0v) is 17.6. The largest absolute Gasteiger partial charge is 0.312 e. The number of rotatable bonds is 4. The van der Waals surface area contributed by atoms with Crippen molar-refractivity contribution in [3.63, 3.8) is 0 Å². The van der Waals surface area contributed by atoms with E-state index in [2.05, 4.69) is 57.7 Å². The summed E-state index contributed by atoms with van der Waals surface area (Å²) in [6.45, 7) is 9.40. The first-order chi connectivity index (χ1) is 14.2. The van der Waals surface area contributed by atoms with Crippen LogP contribution in [-0.2, 0) is 19.6 Å². The third-order valence-corrected chi connectivity index (χ3v) is 7.26. The van der Waals surface area contributed by atoms with Crippen LogP contribution >= 0.6 is 0 Å². The second-order valence-corrected chi connectivity index (χ2v) is 9.46. The summed E-state index contributed by atoms with van der Waals surface area (Å²) in [5.74, 6) is 1.08. The number of hydrogen-bond donors (Lipinski definition) is 0. The summed E-state index contributed by atoms with van der Waals surface area (Å²) >= 11 is 0. The normalized spacial score (nSPS) is 25.0. The van der Waals surface area contributed by atoms with Crippen LogP contribution in [-0.4, -0.2) is 40.5 Å². The van der Waals surface area contributed by atoms with E-state index >= 15 is 0 Å². The van der Waals surface area contributed by atoms with Crippen LogP contribution < -0.4 is 5.56 Å². The summed E-state index contributed by atoms with van der Waals surface area (Å²) < 4.78 is 2.13. The number of benzene rings is 1. The van der Waals surface area contributed by atoms with E-state index < -0.39 is 0 Å². The molecule has 4 heteroatoms. The molecule has 0 amide bonds. The Morgan fingerprint density at radius 3 is 2.48 bits per heavy atom. The van der Waals surface area contributed by atoms with Crippen LogP contribution in [0, 0.1) is 12.8 Å². The van der Waals surface area contributed by atoms with Gasteiger partial charge < -0.3 is 4.57 Å². The maximum atomic E-state index is 13.3. The molecular formula is C25H33N3O. The number of pyridine rings is 1. The molecule has 3 aliphatic heterocycles. The van der Waals surface area contributed by atoms with E-state index in [1.54, 1.807) is 0 Å². The molecule has 2 atom stereocenters. The molecule has 0 N–H and O–H groups in total. The van der Waals surface area contributed by atoms with Gasteiger partial charge in [-0.3, -0.25) is 14.6 Å². The van der Waals surface area contributed by atoms with Crippen molar-refractivity contribution >= 4 is 0 Å². The molecule has 0 spiro atoms. The molecule has 5 rings (SSSR count). The molecule has 2 bridgehead atoms. The molecule has 2 saturated heterocycles. The highest BCUT2D eigenvalue weighted by Gasteiger charge is 2.35. The Labute approximate surface area is 174 Å². The summed E-state index contributed by atoms with van der Waals surface area (Å²) in [6.07, 6.45) is 5.11. The van der Waals surface area contributed by atoms with Crippen molar-refractivity contribution in [3.05, 3.63) is 69.1 Å². The van der Waals surface area contributed by atoms with E-state index in [1.165, 1.54) is 42.5 Å². The Morgan fingerprint density at radius 2 is 1.66 bits per heavy atom. The van der Waals surface area contributed by atoms with E-state index in [0.717, 1.165) is 51.4 Å². The molecule has 4 heterocycles. The second-order valence-electron chi connectivity index (χ2n) is 9.46. The first-order valence-electron chi connectivity index (χ1n) is 11.4. The van der Waals surface area contributed by atoms with Gasteiger partial charge in [-0.1, -0.05) is 36.8 Å². The average molecular weight is 392 g/mol. The molecule has 1 aromatic carbocycles. The Morgan fingerprint density at radius 1 is 0.862 bits per heavy atom. The minimum absolute atomic E-state index is 0.273. The monoisotopic (exact) mass is 391 g/mol. The summed E-state index contributed by atoms with van der Waals surface area (Å²) in [5.41, 5.74) is 5.34. The highest BCUT2D eigenvalue weighted by atomic mass is 16.1. The Hall–Kier alpha value is -1.91. The van der Waals surface area contributed by atoms with E-state index in [9.17, 15) is 4.79 Å². The van der Waals surface area contributed by atoms with Crippen LogP contribution in [0.4, 0.5) is 0 Å². The number of aromatic nitrogens is 1. The van der Waals surface area contributed by atoms with Gasteiger partial charge in [0.15, 0.2) is 0 Å². The van der Waals surface area contributed by atoms with Gasteiger partial charge in [0, 0.05) is 49.9 Å². The lowest BCUT2D eigenvalue weighted by molar-refractivity contribution is 0.114. The zero-order valence-electron chi connectivity index (χ0n) is 17.6. The maximum Gasteiger partial charge on any atom is 0.255 e. The first kappa shape index (κ1) is 19.1. The lowest BCUT2D eigenvalue weighted by Crippen LogP contribution is -2.47. The number of piperidine rings is 2. The van der Waals surface area contributed by atoms with Crippen molar-refractivity contribution < 1.29 is 0 Å². The summed E-state index contributed by atoms with van der Waals surface area (Å²) in [7, 11) is 0. The Bertz CT molecular complexity index is 928. The lowest BCUT2D eigenvalue weighted by atomic mass is 9.82. The predicted molar refractivity (Wildman–Crippen MR) is 117 cm³/mol. The number of hydrogen-bond acceptors (Lipinski definition) is 3. The van der Waals surface area contributed by atoms with E-state index in [0.29, 0.717) is 11.8 Å². The van der Waals surface area contributed by atoms with Gasteiger partial charge in [-0.25, -0.2) is 0 Å². The molecule has 154 valence electrons. The quantitative estimate of drug-likeness (QED) is 0.794. The van der Waals surface area contributed by atoms with Gasteiger partial charge in [0.1, 0.15) is 0 Å². The van der Waals surface area contributed by atoms with Crippen LogP contribution in [0.2, 0.25) is 0 Å². The molecule has 3 aliphatic rings. The van der Waals surface area contributed by atoms with Gasteiger partial charge in [0.25, 0.3) is 5.56 Å². The molecule has 29 heavy (non-hydrogen) atoms. The van der Waals surface area contributed by atoms with Gasteiger partial charge in [-0.2, -0.15) is 0 Å². The minimum Gasteiger partial charge on any atom is -0.312 e. The molecular weight excluding hydrogens is 358 g/mol. The highest BCUT2D eigenvalue weighted by molar-refractivity contribution is 5.26. The molecule has 0 radical (unpaired) electrons. The smallest absolute Gasteiger partial charge is 0.255 e. The van der Waals surface area contributed by atoms with E-state index in [1.807, 2.05) is 0 Å². The van der Waals surface area contributed by atoms with E-state index in [-0.39, 0.29) is 5.56 Å². The van der Waals surface area contributed by atoms with Crippen molar-refractivity contribution in [1.82, 2.24) is 14.4 Å². The zero-order chi connectivity index (χ0) is 19.8. The van der Waals surface area contributed by atoms with Crippen LogP contribution in [0.25, 0.3) is 0 Å². The molecule has 2 aromatic rings. The average Bonchev–Trinajstić information content (AvgIpc) is 2.73.